The van der Waals surface area contributed by atoms with Crippen molar-refractivity contribution < 1.29 is 17.9 Å². The summed E-state index contributed by atoms with van der Waals surface area (Å²) >= 11 is 0.680. The van der Waals surface area contributed by atoms with Crippen molar-refractivity contribution >= 4 is 11.3 Å². The van der Waals surface area contributed by atoms with Gasteiger partial charge < -0.3 is 10.1 Å². The van der Waals surface area contributed by atoms with E-state index < -0.39 is 11.2 Å². The van der Waals surface area contributed by atoms with Gasteiger partial charge in [-0.25, -0.2) is 4.98 Å². The number of halogens is 3. The minimum Gasteiger partial charge on any atom is -0.379 e. The van der Waals surface area contributed by atoms with Crippen LogP contribution in [0, 0.1) is 5.41 Å². The number of hydrogen-bond acceptors (Lipinski definition) is 4. The first-order chi connectivity index (χ1) is 9.61. The Kier molecular flexibility index (Phi) is 6.19. The minimum absolute atomic E-state index is 0.206. The lowest BCUT2D eigenvalue weighted by molar-refractivity contribution is -0.137. The molecule has 1 N–H and O–H groups in total. The highest BCUT2D eigenvalue weighted by Gasteiger charge is 2.38. The molecule has 0 radical (unpaired) electrons. The number of aromatic nitrogens is 1. The summed E-state index contributed by atoms with van der Waals surface area (Å²) in [5.41, 5.74) is -0.206. The molecule has 0 saturated heterocycles. The van der Waals surface area contributed by atoms with Crippen LogP contribution in [0.5, 0.6) is 0 Å². The summed E-state index contributed by atoms with van der Waals surface area (Å²) in [7, 11) is 1.59. The van der Waals surface area contributed by atoms with Crippen LogP contribution in [0.25, 0.3) is 0 Å². The average molecular weight is 324 g/mol. The minimum atomic E-state index is -4.40. The third kappa shape index (κ3) is 4.93. The van der Waals surface area contributed by atoms with Crippen molar-refractivity contribution in [2.75, 3.05) is 13.7 Å². The number of alkyl halides is 3. The summed E-state index contributed by atoms with van der Waals surface area (Å²) in [6, 6.07) is -0.302. The largest absolute Gasteiger partial charge is 0.443 e. The lowest BCUT2D eigenvalue weighted by atomic mass is 9.84. The maximum absolute atomic E-state index is 12.7. The first-order valence-electron chi connectivity index (χ1n) is 6.90. The van der Waals surface area contributed by atoms with Gasteiger partial charge in [-0.1, -0.05) is 27.7 Å². The Labute approximate surface area is 127 Å². The molecule has 0 aliphatic heterocycles. The van der Waals surface area contributed by atoms with Gasteiger partial charge in [-0.3, -0.25) is 0 Å². The van der Waals surface area contributed by atoms with Crippen molar-refractivity contribution in [2.45, 2.75) is 52.4 Å². The fourth-order valence-corrected chi connectivity index (χ4v) is 3.09. The van der Waals surface area contributed by atoms with Crippen LogP contribution < -0.4 is 5.32 Å². The number of nitrogens with one attached hydrogen (secondary N) is 1. The Bertz CT molecular complexity index is 440. The Morgan fingerprint density at radius 3 is 2.33 bits per heavy atom. The lowest BCUT2D eigenvalue weighted by Gasteiger charge is -2.36. The molecule has 0 saturated carbocycles. The van der Waals surface area contributed by atoms with Crippen molar-refractivity contribution in [3.05, 3.63) is 16.1 Å². The van der Waals surface area contributed by atoms with Gasteiger partial charge in [0, 0.05) is 18.2 Å². The molecule has 0 spiro atoms. The number of hydrogen-bond donors (Lipinski definition) is 1. The first-order valence-corrected chi connectivity index (χ1v) is 7.72. The molecule has 122 valence electrons. The summed E-state index contributed by atoms with van der Waals surface area (Å²) < 4.78 is 43.7. The quantitative estimate of drug-likeness (QED) is 0.849. The normalized spacial score (nSPS) is 16.0. The maximum atomic E-state index is 12.7. The van der Waals surface area contributed by atoms with Gasteiger partial charge in [0.15, 0.2) is 5.01 Å². The molecule has 2 unspecified atom stereocenters. The van der Waals surface area contributed by atoms with E-state index in [1.54, 1.807) is 7.11 Å². The predicted molar refractivity (Wildman–Crippen MR) is 78.4 cm³/mol. The second kappa shape index (κ2) is 7.07. The Hall–Kier alpha value is -0.660. The molecule has 3 nitrogen and oxygen atoms in total. The Morgan fingerprint density at radius 2 is 1.95 bits per heavy atom. The van der Waals surface area contributed by atoms with Gasteiger partial charge in [0.05, 0.1) is 12.1 Å². The highest BCUT2D eigenvalue weighted by Crippen LogP contribution is 2.38. The van der Waals surface area contributed by atoms with Gasteiger partial charge in [0.25, 0.3) is 0 Å². The zero-order valence-corrected chi connectivity index (χ0v) is 13.9. The average Bonchev–Trinajstić information content (AvgIpc) is 2.81. The molecular weight excluding hydrogens is 301 g/mol. The molecule has 1 heterocycles. The molecular formula is C14H23F3N2OS. The highest BCUT2D eigenvalue weighted by atomic mass is 32.1. The highest BCUT2D eigenvalue weighted by molar-refractivity contribution is 7.11. The number of nitrogens with zero attached hydrogens (tertiary/aromatic N) is 1. The SMILES string of the molecule is CCCNC(c1cnc(C(F)(F)F)s1)C(OC)C(C)(C)C. The third-order valence-corrected chi connectivity index (χ3v) is 4.22. The summed E-state index contributed by atoms with van der Waals surface area (Å²) in [6.07, 6.45) is -2.45. The van der Waals surface area contributed by atoms with E-state index in [0.29, 0.717) is 22.8 Å². The van der Waals surface area contributed by atoms with Crippen LogP contribution in [-0.2, 0) is 10.9 Å². The van der Waals surface area contributed by atoms with E-state index in [1.165, 1.54) is 6.20 Å². The number of thiazole rings is 1. The van der Waals surface area contributed by atoms with Crippen LogP contribution in [-0.4, -0.2) is 24.7 Å². The second-order valence-corrected chi connectivity index (χ2v) is 7.08. The fourth-order valence-electron chi connectivity index (χ4n) is 2.21. The van der Waals surface area contributed by atoms with E-state index >= 15 is 0 Å². The van der Waals surface area contributed by atoms with Gasteiger partial charge in [-0.15, -0.1) is 11.3 Å². The third-order valence-electron chi connectivity index (χ3n) is 3.10. The molecule has 2 atom stereocenters. The van der Waals surface area contributed by atoms with Crippen molar-refractivity contribution in [1.82, 2.24) is 10.3 Å². The van der Waals surface area contributed by atoms with E-state index in [9.17, 15) is 13.2 Å². The summed E-state index contributed by atoms with van der Waals surface area (Å²) in [4.78, 5) is 4.07. The van der Waals surface area contributed by atoms with Gasteiger partial charge in [0.2, 0.25) is 0 Å². The molecule has 7 heteroatoms. The molecule has 1 aromatic heterocycles. The molecule has 0 aliphatic rings. The van der Waals surface area contributed by atoms with E-state index in [-0.39, 0.29) is 17.6 Å². The van der Waals surface area contributed by atoms with Crippen LogP contribution in [0.4, 0.5) is 13.2 Å². The summed E-state index contributed by atoms with van der Waals surface area (Å²) in [6.45, 7) is 8.74. The molecule has 0 aromatic carbocycles. The zero-order valence-electron chi connectivity index (χ0n) is 13.0. The molecule has 21 heavy (non-hydrogen) atoms. The maximum Gasteiger partial charge on any atom is 0.443 e. The van der Waals surface area contributed by atoms with E-state index in [1.807, 2.05) is 27.7 Å². The van der Waals surface area contributed by atoms with E-state index in [4.69, 9.17) is 4.74 Å². The van der Waals surface area contributed by atoms with Gasteiger partial charge in [-0.05, 0) is 18.4 Å². The van der Waals surface area contributed by atoms with Gasteiger partial charge >= 0.3 is 6.18 Å². The number of rotatable bonds is 6. The Morgan fingerprint density at radius 1 is 1.33 bits per heavy atom. The number of ether oxygens (including phenoxy) is 1. The van der Waals surface area contributed by atoms with Crippen molar-refractivity contribution in [1.29, 1.82) is 0 Å². The summed E-state index contributed by atoms with van der Waals surface area (Å²) in [5, 5.41) is 2.47. The molecule has 0 fully saturated rings. The zero-order chi connectivity index (χ0) is 16.3. The Balaban J connectivity index is 3.10. The molecule has 1 rings (SSSR count). The van der Waals surface area contributed by atoms with E-state index in [0.717, 1.165) is 6.42 Å². The topological polar surface area (TPSA) is 34.2 Å². The fraction of sp³-hybridized carbons (Fsp3) is 0.786. The van der Waals surface area contributed by atoms with Crippen molar-refractivity contribution in [3.8, 4) is 0 Å². The summed E-state index contributed by atoms with van der Waals surface area (Å²) in [5.74, 6) is 0. The lowest BCUT2D eigenvalue weighted by Crippen LogP contribution is -2.41. The molecule has 1 aromatic rings. The standard InChI is InChI=1S/C14H23F3N2OS/c1-6-7-18-10(11(20-5)13(2,3)4)9-8-19-12(21-9)14(15,16)17/h8,10-11,18H,6-7H2,1-5H3. The second-order valence-electron chi connectivity index (χ2n) is 6.02. The van der Waals surface area contributed by atoms with Crippen LogP contribution in [0.15, 0.2) is 6.20 Å². The smallest absolute Gasteiger partial charge is 0.379 e. The number of methoxy groups -OCH3 is 1. The van der Waals surface area contributed by atoms with Crippen molar-refractivity contribution in [2.24, 2.45) is 5.41 Å². The monoisotopic (exact) mass is 324 g/mol. The van der Waals surface area contributed by atoms with Crippen LogP contribution in [0.1, 0.15) is 50.0 Å². The van der Waals surface area contributed by atoms with Crippen LogP contribution >= 0.6 is 11.3 Å². The van der Waals surface area contributed by atoms with Crippen molar-refractivity contribution in [3.63, 3.8) is 0 Å². The van der Waals surface area contributed by atoms with E-state index in [2.05, 4.69) is 10.3 Å². The van der Waals surface area contributed by atoms with Crippen LogP contribution in [0.2, 0.25) is 0 Å². The molecule has 0 amide bonds. The van der Waals surface area contributed by atoms with Gasteiger partial charge in [0.1, 0.15) is 0 Å². The van der Waals surface area contributed by atoms with Crippen LogP contribution in [0.3, 0.4) is 0 Å². The molecule has 0 bridgehead atoms. The van der Waals surface area contributed by atoms with Gasteiger partial charge in [-0.2, -0.15) is 13.2 Å². The first kappa shape index (κ1) is 18.4. The molecule has 0 aliphatic carbocycles. The predicted octanol–water partition coefficient (Wildman–Crippen LogP) is 4.26.